The number of hydrogen-bond acceptors (Lipinski definition) is 7. The first-order valence-electron chi connectivity index (χ1n) is 10.7. The zero-order valence-electron chi connectivity index (χ0n) is 19.5. The smallest absolute Gasteiger partial charge is 0.323 e. The molecule has 178 valence electrons. The predicted molar refractivity (Wildman–Crippen MR) is 136 cm³/mol. The molecule has 0 radical (unpaired) electrons. The summed E-state index contributed by atoms with van der Waals surface area (Å²) in [5.74, 6) is 2.06. The number of urea groups is 1. The molecule has 4 rings (SSSR count). The molecule has 0 spiro atoms. The maximum Gasteiger partial charge on any atom is 0.323 e. The van der Waals surface area contributed by atoms with Crippen LogP contribution in [0, 0.1) is 0 Å². The molecular weight excluding hydrogens is 446 g/mol. The summed E-state index contributed by atoms with van der Waals surface area (Å²) in [6.07, 6.45) is 3.27. The van der Waals surface area contributed by atoms with Crippen molar-refractivity contribution in [3.8, 4) is 28.5 Å². The van der Waals surface area contributed by atoms with Crippen molar-refractivity contribution in [3.63, 3.8) is 0 Å². The van der Waals surface area contributed by atoms with Gasteiger partial charge in [-0.25, -0.2) is 9.78 Å². The molecule has 3 aromatic carbocycles. The van der Waals surface area contributed by atoms with Crippen molar-refractivity contribution in [2.45, 2.75) is 0 Å². The first-order chi connectivity index (χ1) is 17.1. The Hall–Kier alpha value is -4.79. The van der Waals surface area contributed by atoms with Crippen LogP contribution in [0.5, 0.6) is 17.2 Å². The van der Waals surface area contributed by atoms with Crippen LogP contribution in [0.25, 0.3) is 11.3 Å². The van der Waals surface area contributed by atoms with Gasteiger partial charge >= 0.3 is 6.03 Å². The van der Waals surface area contributed by atoms with Gasteiger partial charge in [-0.05, 0) is 24.3 Å². The molecule has 0 unspecified atom stereocenters. The number of rotatable bonds is 8. The number of carbonyl (C=O) groups excluding carboxylic acids is 1. The highest BCUT2D eigenvalue weighted by atomic mass is 16.5. The maximum absolute atomic E-state index is 12.3. The molecule has 9 heteroatoms. The number of methoxy groups -OCH3 is 3. The Morgan fingerprint density at radius 3 is 2.11 bits per heavy atom. The minimum Gasteiger partial charge on any atom is -0.493 e. The number of benzene rings is 3. The lowest BCUT2D eigenvalue weighted by Crippen LogP contribution is -2.19. The molecule has 35 heavy (non-hydrogen) atoms. The quantitative estimate of drug-likeness (QED) is 0.309. The van der Waals surface area contributed by atoms with Gasteiger partial charge < -0.3 is 30.2 Å². The van der Waals surface area contributed by atoms with E-state index in [0.29, 0.717) is 45.8 Å². The number of carbonyl (C=O) groups is 1. The number of nitrogens with zero attached hydrogens (tertiary/aromatic N) is 2. The lowest BCUT2D eigenvalue weighted by Gasteiger charge is -2.15. The fourth-order valence-electron chi connectivity index (χ4n) is 3.44. The summed E-state index contributed by atoms with van der Waals surface area (Å²) in [6.45, 7) is 0. The van der Waals surface area contributed by atoms with Gasteiger partial charge in [0.2, 0.25) is 5.75 Å². The van der Waals surface area contributed by atoms with E-state index in [-0.39, 0.29) is 6.03 Å². The number of aromatic nitrogens is 2. The first-order valence-corrected chi connectivity index (χ1v) is 10.7. The summed E-state index contributed by atoms with van der Waals surface area (Å²) in [4.78, 5) is 21.3. The minimum atomic E-state index is -0.336. The first kappa shape index (κ1) is 23.4. The van der Waals surface area contributed by atoms with Gasteiger partial charge in [0, 0.05) is 34.8 Å². The number of anilines is 4. The molecule has 0 atom stereocenters. The normalized spacial score (nSPS) is 10.3. The second kappa shape index (κ2) is 10.9. The van der Waals surface area contributed by atoms with E-state index in [4.69, 9.17) is 14.2 Å². The van der Waals surface area contributed by atoms with Gasteiger partial charge in [-0.15, -0.1) is 0 Å². The van der Waals surface area contributed by atoms with Crippen LogP contribution in [-0.2, 0) is 0 Å². The van der Waals surface area contributed by atoms with Gasteiger partial charge in [-0.2, -0.15) is 0 Å². The monoisotopic (exact) mass is 471 g/mol. The van der Waals surface area contributed by atoms with Gasteiger partial charge in [0.1, 0.15) is 5.82 Å². The van der Waals surface area contributed by atoms with Crippen LogP contribution in [0.4, 0.5) is 27.7 Å². The molecule has 0 bridgehead atoms. The largest absolute Gasteiger partial charge is 0.493 e. The Morgan fingerprint density at radius 1 is 0.743 bits per heavy atom. The molecule has 1 heterocycles. The van der Waals surface area contributed by atoms with E-state index < -0.39 is 0 Å². The second-order valence-corrected chi connectivity index (χ2v) is 7.35. The van der Waals surface area contributed by atoms with Crippen LogP contribution in [-0.4, -0.2) is 37.3 Å². The number of para-hydroxylation sites is 1. The number of amides is 2. The Morgan fingerprint density at radius 2 is 1.43 bits per heavy atom. The molecule has 0 saturated heterocycles. The molecule has 0 fully saturated rings. The lowest BCUT2D eigenvalue weighted by atomic mass is 10.1. The molecule has 4 aromatic rings. The third-order valence-electron chi connectivity index (χ3n) is 5.02. The predicted octanol–water partition coefficient (Wildman–Crippen LogP) is 5.56. The summed E-state index contributed by atoms with van der Waals surface area (Å²) in [7, 11) is 4.67. The number of ether oxygens (including phenoxy) is 3. The minimum absolute atomic E-state index is 0.336. The molecule has 9 nitrogen and oxygen atoms in total. The second-order valence-electron chi connectivity index (χ2n) is 7.35. The molecule has 2 amide bonds. The van der Waals surface area contributed by atoms with E-state index in [1.165, 1.54) is 0 Å². The highest BCUT2D eigenvalue weighted by Gasteiger charge is 2.14. The molecule has 0 aliphatic heterocycles. The van der Waals surface area contributed by atoms with Gasteiger partial charge in [-0.1, -0.05) is 30.3 Å². The van der Waals surface area contributed by atoms with Crippen molar-refractivity contribution >= 4 is 28.9 Å². The third-order valence-corrected chi connectivity index (χ3v) is 5.02. The summed E-state index contributed by atoms with van der Waals surface area (Å²) in [5, 5.41) is 8.85. The molecular formula is C26H25N5O4. The van der Waals surface area contributed by atoms with E-state index >= 15 is 0 Å². The van der Waals surface area contributed by atoms with Gasteiger partial charge in [0.15, 0.2) is 11.5 Å². The molecule has 0 saturated carbocycles. The Labute approximate surface area is 203 Å². The van der Waals surface area contributed by atoms with E-state index in [2.05, 4.69) is 25.9 Å². The van der Waals surface area contributed by atoms with Gasteiger partial charge in [0.05, 0.1) is 39.4 Å². The van der Waals surface area contributed by atoms with Gasteiger partial charge in [-0.3, -0.25) is 4.98 Å². The maximum atomic E-state index is 12.3. The highest BCUT2D eigenvalue weighted by Crippen LogP contribution is 2.40. The van der Waals surface area contributed by atoms with Crippen molar-refractivity contribution in [2.24, 2.45) is 0 Å². The zero-order chi connectivity index (χ0) is 24.6. The van der Waals surface area contributed by atoms with Crippen LogP contribution < -0.4 is 30.2 Å². The van der Waals surface area contributed by atoms with Crippen molar-refractivity contribution in [2.75, 3.05) is 37.3 Å². The number of nitrogens with one attached hydrogen (secondary N) is 3. The Balaban J connectivity index is 1.52. The van der Waals surface area contributed by atoms with E-state index in [1.54, 1.807) is 51.9 Å². The fourth-order valence-corrected chi connectivity index (χ4v) is 3.44. The standard InChI is InChI=1S/C26H25N5O4/c1-33-22-13-20(14-23(34-2)25(22)35-3)28-24-16-27-15-21(31-24)17-8-7-11-19(12-17)30-26(32)29-18-9-5-4-6-10-18/h4-16H,1-3H3,(H,28,31)(H2,29,30,32). The van der Waals surface area contributed by atoms with Crippen LogP contribution in [0.2, 0.25) is 0 Å². The van der Waals surface area contributed by atoms with Gasteiger partial charge in [0.25, 0.3) is 0 Å². The summed E-state index contributed by atoms with van der Waals surface area (Å²) in [5.41, 5.74) is 3.45. The average Bonchev–Trinajstić information content (AvgIpc) is 2.89. The lowest BCUT2D eigenvalue weighted by molar-refractivity contribution is 0.262. The summed E-state index contributed by atoms with van der Waals surface area (Å²) in [6, 6.07) is 19.8. The number of hydrogen-bond donors (Lipinski definition) is 3. The summed E-state index contributed by atoms with van der Waals surface area (Å²) < 4.78 is 16.2. The molecule has 3 N–H and O–H groups in total. The Kier molecular flexibility index (Phi) is 7.27. The molecule has 1 aromatic heterocycles. The SMILES string of the molecule is COc1cc(Nc2cncc(-c3cccc(NC(=O)Nc4ccccc4)c3)n2)cc(OC)c1OC. The fraction of sp³-hybridized carbons (Fsp3) is 0.115. The zero-order valence-corrected chi connectivity index (χ0v) is 19.5. The Bertz CT molecular complexity index is 1290. The van der Waals surface area contributed by atoms with Crippen molar-refractivity contribution in [1.29, 1.82) is 0 Å². The van der Waals surface area contributed by atoms with Crippen molar-refractivity contribution in [3.05, 3.63) is 79.1 Å². The third kappa shape index (κ3) is 5.77. The molecule has 0 aliphatic carbocycles. The van der Waals surface area contributed by atoms with Crippen LogP contribution in [0.3, 0.4) is 0 Å². The van der Waals surface area contributed by atoms with E-state index in [9.17, 15) is 4.79 Å². The topological polar surface area (TPSA) is 107 Å². The van der Waals surface area contributed by atoms with Crippen LogP contribution in [0.1, 0.15) is 0 Å². The van der Waals surface area contributed by atoms with Crippen molar-refractivity contribution < 1.29 is 19.0 Å². The average molecular weight is 472 g/mol. The van der Waals surface area contributed by atoms with E-state index in [0.717, 1.165) is 5.56 Å². The summed E-state index contributed by atoms with van der Waals surface area (Å²) >= 11 is 0. The highest BCUT2D eigenvalue weighted by molar-refractivity contribution is 6.00. The van der Waals surface area contributed by atoms with E-state index in [1.807, 2.05) is 48.5 Å². The van der Waals surface area contributed by atoms with Crippen molar-refractivity contribution in [1.82, 2.24) is 9.97 Å². The van der Waals surface area contributed by atoms with Crippen LogP contribution in [0.15, 0.2) is 79.1 Å². The van der Waals surface area contributed by atoms with Crippen LogP contribution >= 0.6 is 0 Å². The molecule has 0 aliphatic rings.